The molecule has 1 N–H and O–H groups in total. The molecule has 0 aromatic heterocycles. The molecule has 0 bridgehead atoms. The van der Waals surface area contributed by atoms with E-state index in [-0.39, 0.29) is 30.5 Å². The molecule has 2 aliphatic heterocycles. The van der Waals surface area contributed by atoms with Gasteiger partial charge in [-0.2, -0.15) is 0 Å². The number of morpholine rings is 1. The molecule has 0 spiro atoms. The maximum absolute atomic E-state index is 6.17. The summed E-state index contributed by atoms with van der Waals surface area (Å²) in [4.78, 5) is 0. The number of benzene rings is 1. The molecule has 5 nitrogen and oxygen atoms in total. The molecule has 1 atom stereocenters. The third kappa shape index (κ3) is 3.87. The highest BCUT2D eigenvalue weighted by Gasteiger charge is 2.51. The summed E-state index contributed by atoms with van der Waals surface area (Å²) in [5.74, 6) is 0.843. The summed E-state index contributed by atoms with van der Waals surface area (Å²) in [6, 6.07) is 6.17. The van der Waals surface area contributed by atoms with Gasteiger partial charge in [-0.05, 0) is 53.1 Å². The van der Waals surface area contributed by atoms with Crippen LogP contribution in [-0.4, -0.2) is 44.1 Å². The molecule has 2 saturated heterocycles. The molecule has 2 heterocycles. The van der Waals surface area contributed by atoms with Crippen molar-refractivity contribution in [3.8, 4) is 5.75 Å². The second kappa shape index (κ2) is 6.91. The maximum Gasteiger partial charge on any atom is 0.494 e. The average molecular weight is 347 g/mol. The van der Waals surface area contributed by atoms with E-state index in [0.717, 1.165) is 29.9 Å². The lowest BCUT2D eigenvalue weighted by Crippen LogP contribution is -2.41. The van der Waals surface area contributed by atoms with Gasteiger partial charge in [0.1, 0.15) is 5.75 Å². The fourth-order valence-electron chi connectivity index (χ4n) is 3.06. The third-order valence-corrected chi connectivity index (χ3v) is 5.20. The topological polar surface area (TPSA) is 49.0 Å². The van der Waals surface area contributed by atoms with Gasteiger partial charge in [0.2, 0.25) is 0 Å². The lowest BCUT2D eigenvalue weighted by molar-refractivity contribution is 0.00578. The minimum Gasteiger partial charge on any atom is -0.491 e. The summed E-state index contributed by atoms with van der Waals surface area (Å²) in [5, 5.41) is 3.38. The predicted molar refractivity (Wildman–Crippen MR) is 99.5 cm³/mol. The van der Waals surface area contributed by atoms with Crippen LogP contribution in [0.3, 0.4) is 0 Å². The summed E-state index contributed by atoms with van der Waals surface area (Å²) in [6.45, 7) is 14.7. The number of nitrogens with one attached hydrogen (secondary N) is 1. The highest BCUT2D eigenvalue weighted by molar-refractivity contribution is 6.62. The van der Waals surface area contributed by atoms with Crippen molar-refractivity contribution in [2.75, 3.05) is 19.7 Å². The van der Waals surface area contributed by atoms with E-state index in [9.17, 15) is 0 Å². The molecule has 3 rings (SSSR count). The normalized spacial score (nSPS) is 25.4. The maximum atomic E-state index is 6.17. The van der Waals surface area contributed by atoms with Crippen molar-refractivity contribution in [2.24, 2.45) is 0 Å². The summed E-state index contributed by atoms with van der Waals surface area (Å²) < 4.78 is 24.3. The predicted octanol–water partition coefficient (Wildman–Crippen LogP) is 2.43. The van der Waals surface area contributed by atoms with Crippen LogP contribution in [-0.2, 0) is 14.0 Å². The Morgan fingerprint density at radius 3 is 2.40 bits per heavy atom. The molecule has 25 heavy (non-hydrogen) atoms. The van der Waals surface area contributed by atoms with Gasteiger partial charge in [0.25, 0.3) is 0 Å². The van der Waals surface area contributed by atoms with Crippen LogP contribution >= 0.6 is 0 Å². The van der Waals surface area contributed by atoms with Crippen molar-refractivity contribution in [2.45, 2.75) is 65.0 Å². The van der Waals surface area contributed by atoms with Crippen molar-refractivity contribution in [1.82, 2.24) is 5.32 Å². The fourth-order valence-corrected chi connectivity index (χ4v) is 3.06. The Morgan fingerprint density at radius 1 is 1.16 bits per heavy atom. The quantitative estimate of drug-likeness (QED) is 0.848. The highest BCUT2D eigenvalue weighted by atomic mass is 16.7. The molecule has 0 amide bonds. The summed E-state index contributed by atoms with van der Waals surface area (Å²) in [5.41, 5.74) is 1.33. The number of ether oxygens (including phenoxy) is 2. The molecule has 0 saturated carbocycles. The number of hydrogen-bond donors (Lipinski definition) is 1. The molecular weight excluding hydrogens is 317 g/mol. The van der Waals surface area contributed by atoms with Gasteiger partial charge in [-0.15, -0.1) is 0 Å². The van der Waals surface area contributed by atoms with E-state index in [2.05, 4.69) is 45.1 Å². The van der Waals surface area contributed by atoms with Gasteiger partial charge in [-0.1, -0.05) is 12.1 Å². The van der Waals surface area contributed by atoms with E-state index in [1.54, 1.807) is 0 Å². The van der Waals surface area contributed by atoms with E-state index in [1.165, 1.54) is 0 Å². The van der Waals surface area contributed by atoms with Gasteiger partial charge in [-0.3, -0.25) is 0 Å². The average Bonchev–Trinajstić information content (AvgIpc) is 2.76. The lowest BCUT2D eigenvalue weighted by atomic mass is 9.78. The zero-order valence-corrected chi connectivity index (χ0v) is 16.2. The van der Waals surface area contributed by atoms with Crippen molar-refractivity contribution in [3.63, 3.8) is 0 Å². The van der Waals surface area contributed by atoms with Crippen LogP contribution in [0.2, 0.25) is 0 Å². The summed E-state index contributed by atoms with van der Waals surface area (Å²) in [7, 11) is -0.390. The first-order valence-electron chi connectivity index (χ1n) is 9.18. The Hall–Kier alpha value is -1.08. The molecule has 2 fully saturated rings. The molecule has 1 aromatic rings. The minimum absolute atomic E-state index is 0.00912. The summed E-state index contributed by atoms with van der Waals surface area (Å²) >= 11 is 0. The van der Waals surface area contributed by atoms with Gasteiger partial charge in [-0.25, -0.2) is 0 Å². The zero-order chi connectivity index (χ0) is 18.2. The second-order valence-electron chi connectivity index (χ2n) is 8.12. The van der Waals surface area contributed by atoms with Crippen LogP contribution in [0.1, 0.15) is 53.2 Å². The van der Waals surface area contributed by atoms with Gasteiger partial charge in [0.15, 0.2) is 0 Å². The van der Waals surface area contributed by atoms with Crippen LogP contribution in [0.25, 0.3) is 0 Å². The fraction of sp³-hybridized carbons (Fsp3) is 0.684. The van der Waals surface area contributed by atoms with Gasteiger partial charge in [0.05, 0.1) is 30.0 Å². The smallest absolute Gasteiger partial charge is 0.491 e. The largest absolute Gasteiger partial charge is 0.494 e. The molecule has 138 valence electrons. The van der Waals surface area contributed by atoms with Gasteiger partial charge in [0, 0.05) is 18.7 Å². The molecule has 6 heteroatoms. The van der Waals surface area contributed by atoms with E-state index < -0.39 is 0 Å². The van der Waals surface area contributed by atoms with Crippen molar-refractivity contribution in [3.05, 3.63) is 23.8 Å². The Labute approximate surface area is 151 Å². The minimum atomic E-state index is -0.390. The Bertz CT molecular complexity index is 595. The van der Waals surface area contributed by atoms with Crippen molar-refractivity contribution < 1.29 is 18.8 Å². The monoisotopic (exact) mass is 347 g/mol. The number of hydrogen-bond acceptors (Lipinski definition) is 5. The van der Waals surface area contributed by atoms with Crippen LogP contribution in [0.4, 0.5) is 0 Å². The van der Waals surface area contributed by atoms with E-state index >= 15 is 0 Å². The van der Waals surface area contributed by atoms with Crippen LogP contribution in [0.5, 0.6) is 5.75 Å². The SMILES string of the molecule is CC(C)Oc1cc(B2OC(C)(C)C(C)(C)O2)ccc1C1CNCCO1. The zero-order valence-electron chi connectivity index (χ0n) is 16.2. The standard InChI is InChI=1S/C19H30BNO4/c1-13(2)23-16-11-14(20-24-18(3,4)19(5,6)25-20)7-8-15(16)17-12-21-9-10-22-17/h7-8,11,13,17,21H,9-10,12H2,1-6H3. The Balaban J connectivity index is 1.89. The highest BCUT2D eigenvalue weighted by Crippen LogP contribution is 2.37. The van der Waals surface area contributed by atoms with Crippen LogP contribution in [0, 0.1) is 0 Å². The summed E-state index contributed by atoms with van der Waals surface area (Å²) in [6.07, 6.45) is 0.0960. The lowest BCUT2D eigenvalue weighted by Gasteiger charge is -2.32. The van der Waals surface area contributed by atoms with Crippen LogP contribution < -0.4 is 15.5 Å². The second-order valence-corrected chi connectivity index (χ2v) is 8.12. The Morgan fingerprint density at radius 2 is 1.84 bits per heavy atom. The molecule has 1 unspecified atom stereocenters. The molecular formula is C19H30BNO4. The van der Waals surface area contributed by atoms with E-state index in [1.807, 2.05) is 19.9 Å². The third-order valence-electron chi connectivity index (χ3n) is 5.20. The first kappa shape index (κ1) is 18.7. The Kier molecular flexibility index (Phi) is 5.17. The molecule has 2 aliphatic rings. The first-order chi connectivity index (χ1) is 11.7. The van der Waals surface area contributed by atoms with E-state index in [4.69, 9.17) is 18.8 Å². The van der Waals surface area contributed by atoms with Crippen molar-refractivity contribution in [1.29, 1.82) is 0 Å². The molecule has 0 aliphatic carbocycles. The van der Waals surface area contributed by atoms with E-state index in [0.29, 0.717) is 6.61 Å². The molecule has 1 aromatic carbocycles. The van der Waals surface area contributed by atoms with Gasteiger partial charge < -0.3 is 24.1 Å². The van der Waals surface area contributed by atoms with Gasteiger partial charge >= 0.3 is 7.12 Å². The number of rotatable bonds is 4. The first-order valence-corrected chi connectivity index (χ1v) is 9.18. The van der Waals surface area contributed by atoms with Crippen molar-refractivity contribution >= 4 is 12.6 Å². The van der Waals surface area contributed by atoms with Crippen LogP contribution in [0.15, 0.2) is 18.2 Å². The molecule has 0 radical (unpaired) electrons.